The quantitative estimate of drug-likeness (QED) is 0.197. The lowest BCUT2D eigenvalue weighted by molar-refractivity contribution is -0.154. The second-order valence-corrected chi connectivity index (χ2v) is 11.7. The normalized spacial score (nSPS) is 15.1. The van der Waals surface area contributed by atoms with Crippen LogP contribution in [0.4, 0.5) is 14.5 Å². The van der Waals surface area contributed by atoms with E-state index in [1.54, 1.807) is 24.3 Å². The van der Waals surface area contributed by atoms with Crippen molar-refractivity contribution in [3.05, 3.63) is 125 Å². The fraction of sp³-hybridized carbons (Fsp3) is 0.297. The fourth-order valence-corrected chi connectivity index (χ4v) is 5.83. The monoisotopic (exact) mass is 596 g/mol. The maximum Gasteiger partial charge on any atom is 0.328 e. The van der Waals surface area contributed by atoms with Crippen molar-refractivity contribution in [1.29, 1.82) is 0 Å². The molecule has 1 aliphatic heterocycles. The maximum atomic E-state index is 13.7. The average molecular weight is 597 g/mol. The highest BCUT2D eigenvalue weighted by Gasteiger charge is 2.33. The highest BCUT2D eigenvalue weighted by Crippen LogP contribution is 2.34. The minimum Gasteiger partial charge on any atom is -0.462 e. The smallest absolute Gasteiger partial charge is 0.328 e. The van der Waals surface area contributed by atoms with E-state index in [4.69, 9.17) is 4.74 Å². The third kappa shape index (κ3) is 7.40. The largest absolute Gasteiger partial charge is 0.462 e. The van der Waals surface area contributed by atoms with Crippen LogP contribution in [0, 0.1) is 0 Å². The molecule has 228 valence electrons. The Bertz CT molecular complexity index is 1560. The van der Waals surface area contributed by atoms with E-state index in [-0.39, 0.29) is 23.5 Å². The lowest BCUT2D eigenvalue weighted by atomic mass is 9.88. The number of nitrogens with zero attached hydrogens (tertiary/aromatic N) is 1. The first-order valence-electron chi connectivity index (χ1n) is 15.1. The molecule has 0 saturated carbocycles. The number of ether oxygens (including phenoxy) is 1. The highest BCUT2D eigenvalue weighted by molar-refractivity contribution is 6.08. The first-order chi connectivity index (χ1) is 21.1. The first-order valence-corrected chi connectivity index (χ1v) is 15.1. The van der Waals surface area contributed by atoms with Crippen molar-refractivity contribution < 1.29 is 23.1 Å². The van der Waals surface area contributed by atoms with E-state index in [0.717, 1.165) is 38.4 Å². The zero-order chi connectivity index (χ0) is 31.3. The molecule has 0 aromatic heterocycles. The SMILES string of the molecule is CC(C)OC(=O)C(c1ccccc1)N1CCC(c2ccc(NC(=O)c3ccccc3-c3ccc(C(C)(F)F)cc3)cc2)CC1. The predicted molar refractivity (Wildman–Crippen MR) is 170 cm³/mol. The summed E-state index contributed by atoms with van der Waals surface area (Å²) in [6.07, 6.45) is 1.63. The molecule has 1 amide bonds. The average Bonchev–Trinajstić information content (AvgIpc) is 3.02. The molecule has 1 unspecified atom stereocenters. The predicted octanol–water partition coefficient (Wildman–Crippen LogP) is 8.59. The molecule has 5 rings (SSSR count). The zero-order valence-electron chi connectivity index (χ0n) is 25.3. The Hall–Kier alpha value is -4.36. The van der Waals surface area contributed by atoms with Gasteiger partial charge in [-0.05, 0) is 86.1 Å². The molecule has 4 aromatic carbocycles. The molecule has 5 nitrogen and oxygen atoms in total. The number of hydrogen-bond donors (Lipinski definition) is 1. The van der Waals surface area contributed by atoms with Crippen LogP contribution in [0.2, 0.25) is 0 Å². The number of likely N-dealkylation sites (tertiary alicyclic amines) is 1. The molecule has 0 aliphatic carbocycles. The van der Waals surface area contributed by atoms with Crippen LogP contribution < -0.4 is 5.32 Å². The molecular formula is C37H38F2N2O3. The topological polar surface area (TPSA) is 58.6 Å². The molecule has 7 heteroatoms. The van der Waals surface area contributed by atoms with Crippen LogP contribution >= 0.6 is 0 Å². The van der Waals surface area contributed by atoms with Gasteiger partial charge in [-0.1, -0.05) is 84.9 Å². The Labute approximate surface area is 257 Å². The number of carbonyl (C=O) groups is 2. The number of anilines is 1. The number of rotatable bonds is 9. The fourth-order valence-electron chi connectivity index (χ4n) is 5.83. The molecule has 44 heavy (non-hydrogen) atoms. The molecule has 1 heterocycles. The highest BCUT2D eigenvalue weighted by atomic mass is 19.3. The number of benzene rings is 4. The van der Waals surface area contributed by atoms with Crippen LogP contribution in [-0.4, -0.2) is 36.0 Å². The number of nitrogens with one attached hydrogen (secondary N) is 1. The Balaban J connectivity index is 1.23. The van der Waals surface area contributed by atoms with Crippen molar-refractivity contribution in [1.82, 2.24) is 4.90 Å². The molecule has 1 N–H and O–H groups in total. The number of halogens is 2. The van der Waals surface area contributed by atoms with Crippen molar-refractivity contribution in [3.8, 4) is 11.1 Å². The summed E-state index contributed by atoms with van der Waals surface area (Å²) in [5, 5.41) is 2.98. The summed E-state index contributed by atoms with van der Waals surface area (Å²) in [5.74, 6) is -3.07. The third-order valence-electron chi connectivity index (χ3n) is 8.10. The van der Waals surface area contributed by atoms with Crippen LogP contribution in [0.25, 0.3) is 11.1 Å². The van der Waals surface area contributed by atoms with Gasteiger partial charge in [-0.3, -0.25) is 9.69 Å². The second kappa shape index (κ2) is 13.5. The van der Waals surface area contributed by atoms with Gasteiger partial charge in [0.05, 0.1) is 6.10 Å². The Morgan fingerprint density at radius 1 is 0.841 bits per heavy atom. The molecule has 0 bridgehead atoms. The van der Waals surface area contributed by atoms with Gasteiger partial charge in [0.25, 0.3) is 11.8 Å². The summed E-state index contributed by atoms with van der Waals surface area (Å²) in [5.41, 5.74) is 4.56. The summed E-state index contributed by atoms with van der Waals surface area (Å²) in [6, 6.07) is 30.5. The second-order valence-electron chi connectivity index (χ2n) is 11.7. The van der Waals surface area contributed by atoms with Gasteiger partial charge in [-0.2, -0.15) is 0 Å². The van der Waals surface area contributed by atoms with E-state index in [1.807, 2.05) is 80.6 Å². The molecule has 4 aromatic rings. The molecule has 1 atom stereocenters. The number of carbonyl (C=O) groups excluding carboxylic acids is 2. The number of alkyl halides is 2. The minimum atomic E-state index is -2.93. The van der Waals surface area contributed by atoms with Crippen LogP contribution in [0.5, 0.6) is 0 Å². The van der Waals surface area contributed by atoms with Crippen molar-refractivity contribution >= 4 is 17.6 Å². The minimum absolute atomic E-state index is 0.0707. The van der Waals surface area contributed by atoms with E-state index < -0.39 is 12.0 Å². The molecule has 1 saturated heterocycles. The van der Waals surface area contributed by atoms with Crippen LogP contribution in [-0.2, 0) is 15.5 Å². The Kier molecular flexibility index (Phi) is 9.55. The molecule has 1 aliphatic rings. The molecular weight excluding hydrogens is 558 g/mol. The van der Waals surface area contributed by atoms with Gasteiger partial charge < -0.3 is 10.1 Å². The first kappa shape index (κ1) is 31.1. The van der Waals surface area contributed by atoms with Crippen LogP contribution in [0.3, 0.4) is 0 Å². The van der Waals surface area contributed by atoms with Crippen molar-refractivity contribution in [2.45, 2.75) is 57.6 Å². The summed E-state index contributed by atoms with van der Waals surface area (Å²) >= 11 is 0. The lowest BCUT2D eigenvalue weighted by Gasteiger charge is -2.37. The van der Waals surface area contributed by atoms with E-state index in [0.29, 0.717) is 28.3 Å². The Morgan fingerprint density at radius 2 is 1.45 bits per heavy atom. The van der Waals surface area contributed by atoms with E-state index in [1.165, 1.54) is 17.7 Å². The summed E-state index contributed by atoms with van der Waals surface area (Å²) < 4.78 is 33.0. The van der Waals surface area contributed by atoms with Crippen molar-refractivity contribution in [2.24, 2.45) is 0 Å². The maximum absolute atomic E-state index is 13.7. The number of esters is 1. The van der Waals surface area contributed by atoms with E-state index >= 15 is 0 Å². The van der Waals surface area contributed by atoms with Gasteiger partial charge in [0.1, 0.15) is 6.04 Å². The van der Waals surface area contributed by atoms with E-state index in [9.17, 15) is 18.4 Å². The molecule has 0 spiro atoms. The van der Waals surface area contributed by atoms with Gasteiger partial charge in [-0.25, -0.2) is 13.6 Å². The molecule has 1 fully saturated rings. The summed E-state index contributed by atoms with van der Waals surface area (Å²) in [6.45, 7) is 6.14. The van der Waals surface area contributed by atoms with Gasteiger partial charge in [0.2, 0.25) is 0 Å². The lowest BCUT2D eigenvalue weighted by Crippen LogP contribution is -2.41. The van der Waals surface area contributed by atoms with Gasteiger partial charge in [0.15, 0.2) is 0 Å². The standard InChI is InChI=1S/C37H38F2N2O3/c1-25(2)44-36(43)34(29-9-5-4-6-10-29)41-23-21-27(22-24-41)26-15-19-31(20-16-26)40-35(42)33-12-8-7-11-32(33)28-13-17-30(18-14-28)37(3,38)39/h4-20,25,27,34H,21-24H2,1-3H3,(H,40,42). The summed E-state index contributed by atoms with van der Waals surface area (Å²) in [4.78, 5) is 28.6. The third-order valence-corrected chi connectivity index (χ3v) is 8.10. The number of hydrogen-bond acceptors (Lipinski definition) is 4. The van der Waals surface area contributed by atoms with Crippen LogP contribution in [0.15, 0.2) is 103 Å². The number of piperidine rings is 1. The van der Waals surface area contributed by atoms with Gasteiger partial charge >= 0.3 is 5.97 Å². The van der Waals surface area contributed by atoms with E-state index in [2.05, 4.69) is 10.2 Å². The Morgan fingerprint density at radius 3 is 2.07 bits per heavy atom. The number of amides is 1. The van der Waals surface area contributed by atoms with Gasteiger partial charge in [0, 0.05) is 23.7 Å². The zero-order valence-corrected chi connectivity index (χ0v) is 25.3. The van der Waals surface area contributed by atoms with Crippen molar-refractivity contribution in [2.75, 3.05) is 18.4 Å². The molecule has 0 radical (unpaired) electrons. The van der Waals surface area contributed by atoms with Gasteiger partial charge in [-0.15, -0.1) is 0 Å². The summed E-state index contributed by atoms with van der Waals surface area (Å²) in [7, 11) is 0. The van der Waals surface area contributed by atoms with Crippen LogP contribution in [0.1, 0.15) is 72.6 Å². The van der Waals surface area contributed by atoms with Crippen molar-refractivity contribution in [3.63, 3.8) is 0 Å².